The van der Waals surface area contributed by atoms with Crippen LogP contribution in [0.25, 0.3) is 0 Å². The van der Waals surface area contributed by atoms with Crippen LogP contribution in [0.3, 0.4) is 0 Å². The van der Waals surface area contributed by atoms with Gasteiger partial charge in [0.15, 0.2) is 0 Å². The van der Waals surface area contributed by atoms with Crippen LogP contribution in [0.5, 0.6) is 0 Å². The third kappa shape index (κ3) is 21.5. The second-order valence-corrected chi connectivity index (χ2v) is 10.8. The van der Waals surface area contributed by atoms with E-state index in [9.17, 15) is 9.59 Å². The van der Waals surface area contributed by atoms with E-state index in [0.29, 0.717) is 13.2 Å². The molecule has 202 valence electrons. The number of ether oxygens (including phenoxy) is 2. The molecule has 4 heteroatoms. The summed E-state index contributed by atoms with van der Waals surface area (Å²) in [5, 5.41) is 0. The van der Waals surface area contributed by atoms with Gasteiger partial charge in [-0.1, -0.05) is 129 Å². The Morgan fingerprint density at radius 2 is 0.824 bits per heavy atom. The molecule has 0 aliphatic heterocycles. The van der Waals surface area contributed by atoms with Gasteiger partial charge in [0.1, 0.15) is 0 Å². The summed E-state index contributed by atoms with van der Waals surface area (Å²) in [6.45, 7) is 8.95. The van der Waals surface area contributed by atoms with E-state index in [2.05, 4.69) is 13.8 Å². The fraction of sp³-hybridized carbons (Fsp3) is 0.933. The number of carbonyl (C=O) groups excluding carboxylic acids is 2. The summed E-state index contributed by atoms with van der Waals surface area (Å²) in [5.74, 6) is -0.587. The largest absolute Gasteiger partial charge is 0.466 e. The smallest absolute Gasteiger partial charge is 0.312 e. The van der Waals surface area contributed by atoms with Crippen LogP contribution < -0.4 is 0 Å². The lowest BCUT2D eigenvalue weighted by Crippen LogP contribution is -2.30. The molecule has 0 unspecified atom stereocenters. The first-order chi connectivity index (χ1) is 16.4. The highest BCUT2D eigenvalue weighted by Gasteiger charge is 2.32. The van der Waals surface area contributed by atoms with Crippen LogP contribution in [-0.4, -0.2) is 25.2 Å². The van der Waals surface area contributed by atoms with Crippen molar-refractivity contribution in [2.45, 2.75) is 163 Å². The van der Waals surface area contributed by atoms with Gasteiger partial charge in [-0.2, -0.15) is 0 Å². The van der Waals surface area contributed by atoms with Crippen molar-refractivity contribution >= 4 is 11.9 Å². The maximum absolute atomic E-state index is 12.4. The van der Waals surface area contributed by atoms with Crippen molar-refractivity contribution in [2.24, 2.45) is 5.41 Å². The van der Waals surface area contributed by atoms with Gasteiger partial charge in [-0.15, -0.1) is 0 Å². The summed E-state index contributed by atoms with van der Waals surface area (Å²) in [4.78, 5) is 24.5. The first-order valence-corrected chi connectivity index (χ1v) is 14.8. The summed E-state index contributed by atoms with van der Waals surface area (Å²) in [5.41, 5.74) is -0.826. The van der Waals surface area contributed by atoms with E-state index >= 15 is 0 Å². The lowest BCUT2D eigenvalue weighted by molar-refractivity contribution is -0.160. The summed E-state index contributed by atoms with van der Waals surface area (Å²) >= 11 is 0. The minimum absolute atomic E-state index is 0.0849. The molecule has 0 aromatic carbocycles. The van der Waals surface area contributed by atoms with Crippen molar-refractivity contribution in [1.82, 2.24) is 0 Å². The first kappa shape index (κ1) is 32.9. The molecule has 0 aliphatic carbocycles. The average Bonchev–Trinajstić information content (AvgIpc) is 2.80. The molecule has 0 aromatic heterocycles. The monoisotopic (exact) mass is 482 g/mol. The van der Waals surface area contributed by atoms with E-state index in [4.69, 9.17) is 9.47 Å². The van der Waals surface area contributed by atoms with E-state index in [1.807, 2.05) is 0 Å². The van der Waals surface area contributed by atoms with Crippen LogP contribution in [0.2, 0.25) is 0 Å². The number of hydrogen-bond acceptors (Lipinski definition) is 4. The molecule has 0 N–H and O–H groups in total. The zero-order chi connectivity index (χ0) is 25.3. The van der Waals surface area contributed by atoms with Crippen molar-refractivity contribution in [3.05, 3.63) is 0 Å². The van der Waals surface area contributed by atoms with Gasteiger partial charge in [0, 0.05) is 0 Å². The number of rotatable bonds is 25. The number of hydrogen-bond donors (Lipinski definition) is 0. The van der Waals surface area contributed by atoms with Gasteiger partial charge in [0.05, 0.1) is 25.0 Å². The Hall–Kier alpha value is -1.06. The number of carbonyl (C=O) groups is 2. The Labute approximate surface area is 212 Å². The predicted octanol–water partition coefficient (Wildman–Crippen LogP) is 9.33. The zero-order valence-electron chi connectivity index (χ0n) is 23.4. The second kappa shape index (κ2) is 23.7. The highest BCUT2D eigenvalue weighted by Crippen LogP contribution is 2.23. The fourth-order valence-corrected chi connectivity index (χ4v) is 4.21. The van der Waals surface area contributed by atoms with E-state index in [1.165, 1.54) is 103 Å². The van der Waals surface area contributed by atoms with Crippen LogP contribution in [0.1, 0.15) is 163 Å². The van der Waals surface area contributed by atoms with E-state index in [-0.39, 0.29) is 18.4 Å². The third-order valence-corrected chi connectivity index (χ3v) is 6.63. The fourth-order valence-electron chi connectivity index (χ4n) is 4.21. The molecule has 34 heavy (non-hydrogen) atoms. The maximum Gasteiger partial charge on any atom is 0.312 e. The average molecular weight is 483 g/mol. The van der Waals surface area contributed by atoms with Gasteiger partial charge in [-0.3, -0.25) is 9.59 Å². The van der Waals surface area contributed by atoms with Crippen LogP contribution >= 0.6 is 0 Å². The summed E-state index contributed by atoms with van der Waals surface area (Å²) in [6, 6.07) is 0. The lowest BCUT2D eigenvalue weighted by Gasteiger charge is -2.21. The maximum atomic E-state index is 12.4. The molecule has 0 aliphatic rings. The lowest BCUT2D eigenvalue weighted by atomic mass is 9.89. The van der Waals surface area contributed by atoms with E-state index in [1.54, 1.807) is 13.8 Å². The van der Waals surface area contributed by atoms with Crippen LogP contribution in [0.4, 0.5) is 0 Å². The molecule has 0 fully saturated rings. The number of esters is 2. The Kier molecular flexibility index (Phi) is 22.9. The molecule has 0 rings (SSSR count). The topological polar surface area (TPSA) is 52.6 Å². The van der Waals surface area contributed by atoms with Crippen LogP contribution in [0, 0.1) is 5.41 Å². The molecule has 0 saturated heterocycles. The Balaban J connectivity index is 3.63. The van der Waals surface area contributed by atoms with Gasteiger partial charge in [0.2, 0.25) is 0 Å². The van der Waals surface area contributed by atoms with Gasteiger partial charge < -0.3 is 9.47 Å². The van der Waals surface area contributed by atoms with Gasteiger partial charge >= 0.3 is 11.9 Å². The molecule has 0 bridgehead atoms. The molecular weight excluding hydrogens is 424 g/mol. The van der Waals surface area contributed by atoms with E-state index in [0.717, 1.165) is 25.7 Å². The van der Waals surface area contributed by atoms with Crippen molar-refractivity contribution < 1.29 is 19.1 Å². The first-order valence-electron chi connectivity index (χ1n) is 14.8. The normalized spacial score (nSPS) is 11.5. The predicted molar refractivity (Wildman–Crippen MR) is 144 cm³/mol. The van der Waals surface area contributed by atoms with Crippen molar-refractivity contribution in [3.63, 3.8) is 0 Å². The summed E-state index contributed by atoms with van der Waals surface area (Å²) in [7, 11) is 0. The summed E-state index contributed by atoms with van der Waals surface area (Å²) < 4.78 is 10.8. The molecule has 0 saturated carbocycles. The van der Waals surface area contributed by atoms with Gasteiger partial charge in [0.25, 0.3) is 0 Å². The molecule has 0 spiro atoms. The standard InChI is InChI=1S/C30H58O4/c1-5-7-9-11-13-15-17-19-21-23-25-33-28(31)27-30(3,4)29(32)34-26-24-22-20-18-16-14-12-10-8-6-2/h5-27H2,1-4H3. The SMILES string of the molecule is CCCCCCCCCCCCOC(=O)CC(C)(C)C(=O)OCCCCCCCCCCCC. The summed E-state index contributed by atoms with van der Waals surface area (Å²) in [6.07, 6.45) is 25.2. The molecule has 0 atom stereocenters. The zero-order valence-corrected chi connectivity index (χ0v) is 23.4. The minimum Gasteiger partial charge on any atom is -0.466 e. The van der Waals surface area contributed by atoms with Crippen LogP contribution in [0.15, 0.2) is 0 Å². The van der Waals surface area contributed by atoms with Gasteiger partial charge in [-0.25, -0.2) is 0 Å². The molecule has 0 heterocycles. The highest BCUT2D eigenvalue weighted by molar-refractivity contribution is 5.82. The molecule has 0 amide bonds. The molecular formula is C30H58O4. The second-order valence-electron chi connectivity index (χ2n) is 10.8. The molecule has 0 aromatic rings. The Morgan fingerprint density at radius 1 is 0.500 bits per heavy atom. The minimum atomic E-state index is -0.826. The highest BCUT2D eigenvalue weighted by atomic mass is 16.5. The third-order valence-electron chi connectivity index (χ3n) is 6.63. The van der Waals surface area contributed by atoms with Crippen molar-refractivity contribution in [1.29, 1.82) is 0 Å². The van der Waals surface area contributed by atoms with E-state index < -0.39 is 5.41 Å². The number of unbranched alkanes of at least 4 members (excludes halogenated alkanes) is 18. The molecule has 0 radical (unpaired) electrons. The van der Waals surface area contributed by atoms with Crippen LogP contribution in [-0.2, 0) is 19.1 Å². The van der Waals surface area contributed by atoms with Crippen molar-refractivity contribution in [3.8, 4) is 0 Å². The van der Waals surface area contributed by atoms with Crippen molar-refractivity contribution in [2.75, 3.05) is 13.2 Å². The quantitative estimate of drug-likeness (QED) is 0.0960. The Morgan fingerprint density at radius 3 is 1.21 bits per heavy atom. The van der Waals surface area contributed by atoms with Gasteiger partial charge in [-0.05, 0) is 26.7 Å². The Bertz CT molecular complexity index is 472. The molecule has 4 nitrogen and oxygen atoms in total.